The highest BCUT2D eigenvalue weighted by molar-refractivity contribution is 6.33. The number of nitrogens with two attached hydrogens (primary N) is 2. The van der Waals surface area contributed by atoms with Gasteiger partial charge in [-0.1, -0.05) is 25.4 Å². The molecular weight excluding hydrogens is 479 g/mol. The fraction of sp³-hybridized carbons (Fsp3) is 0.346. The van der Waals surface area contributed by atoms with Crippen LogP contribution in [0.5, 0.6) is 0 Å². The van der Waals surface area contributed by atoms with Crippen molar-refractivity contribution in [3.63, 3.8) is 0 Å². The largest absolute Gasteiger partial charge is 0.383 e. The lowest BCUT2D eigenvalue weighted by Crippen LogP contribution is -2.51. The van der Waals surface area contributed by atoms with E-state index in [9.17, 15) is 4.39 Å². The molecule has 5 N–H and O–H groups in total. The van der Waals surface area contributed by atoms with Crippen LogP contribution in [0.25, 0.3) is 16.6 Å². The number of nitrogens with zero attached hydrogens (tertiary/aromatic N) is 5. The van der Waals surface area contributed by atoms with Crippen molar-refractivity contribution in [3.05, 3.63) is 65.5 Å². The number of aryl methyl sites for hydroxylation is 1. The summed E-state index contributed by atoms with van der Waals surface area (Å²) in [6, 6.07) is 6.12. The average molecular weight is 509 g/mol. The summed E-state index contributed by atoms with van der Waals surface area (Å²) in [5.74, 6) is -0.268. The van der Waals surface area contributed by atoms with Gasteiger partial charge in [-0.25, -0.2) is 13.9 Å². The topological polar surface area (TPSA) is 112 Å². The summed E-state index contributed by atoms with van der Waals surface area (Å²) in [5.41, 5.74) is 17.0. The highest BCUT2D eigenvalue weighted by Crippen LogP contribution is 2.46. The van der Waals surface area contributed by atoms with Gasteiger partial charge in [-0.2, -0.15) is 10.2 Å². The van der Waals surface area contributed by atoms with Gasteiger partial charge in [0.25, 0.3) is 0 Å². The molecule has 0 radical (unpaired) electrons. The van der Waals surface area contributed by atoms with Crippen LogP contribution in [0.1, 0.15) is 39.2 Å². The number of hydrogen-bond acceptors (Lipinski definition) is 5. The first kappa shape index (κ1) is 24.3. The summed E-state index contributed by atoms with van der Waals surface area (Å²) < 4.78 is 17.4. The maximum absolute atomic E-state index is 13.9. The Kier molecular flexibility index (Phi) is 5.80. The Morgan fingerprint density at radius 2 is 1.94 bits per heavy atom. The van der Waals surface area contributed by atoms with E-state index in [0.717, 1.165) is 35.2 Å². The van der Waals surface area contributed by atoms with Crippen LogP contribution >= 0.6 is 11.6 Å². The number of halogens is 2. The molecule has 8 nitrogen and oxygen atoms in total. The number of amidine groups is 1. The Balaban J connectivity index is 1.66. The molecule has 1 aromatic carbocycles. The van der Waals surface area contributed by atoms with E-state index in [0.29, 0.717) is 10.6 Å². The SMILES string of the molecule is Cn1cc(-c2cc3c(N[C@@H]4CC[C@](C)(N)C4(C)C)c(/C(N)=N/c4cc(F)ccc4Cl)cnn3c2)cn1. The summed E-state index contributed by atoms with van der Waals surface area (Å²) in [6.45, 7) is 6.45. The van der Waals surface area contributed by atoms with Crippen LogP contribution in [0.15, 0.2) is 54.0 Å². The molecule has 5 rings (SSSR count). The third kappa shape index (κ3) is 4.12. The molecule has 0 amide bonds. The van der Waals surface area contributed by atoms with Gasteiger partial charge < -0.3 is 16.8 Å². The standard InChI is InChI=1S/C26H30ClFN8/c1-25(2)22(7-8-26(25,3)30)34-23-18(24(29)33-20-10-17(28)5-6-19(20)27)12-32-36-14-15(9-21(23)36)16-11-31-35(4)13-16/h5-6,9-14,22,34H,7-8,30H2,1-4H3,(H2,29,33)/t22-,26+/m1/s1. The molecule has 188 valence electrons. The third-order valence-corrected chi connectivity index (χ3v) is 8.03. The van der Waals surface area contributed by atoms with Gasteiger partial charge in [0.15, 0.2) is 0 Å². The molecule has 0 unspecified atom stereocenters. The minimum absolute atomic E-state index is 0.0831. The van der Waals surface area contributed by atoms with Crippen LogP contribution in [0.2, 0.25) is 5.02 Å². The van der Waals surface area contributed by atoms with E-state index in [1.54, 1.807) is 15.4 Å². The molecule has 1 fully saturated rings. The Bertz CT molecular complexity index is 1480. The molecule has 36 heavy (non-hydrogen) atoms. The van der Waals surface area contributed by atoms with Crippen molar-refractivity contribution in [2.24, 2.45) is 28.9 Å². The zero-order valence-corrected chi connectivity index (χ0v) is 21.5. The Labute approximate surface area is 214 Å². The zero-order valence-electron chi connectivity index (χ0n) is 20.8. The van der Waals surface area contributed by atoms with Gasteiger partial charge in [0, 0.05) is 53.6 Å². The molecule has 0 aliphatic heterocycles. The smallest absolute Gasteiger partial charge is 0.135 e. The van der Waals surface area contributed by atoms with Gasteiger partial charge in [0.2, 0.25) is 0 Å². The molecule has 3 aromatic heterocycles. The second kappa shape index (κ2) is 8.60. The quantitative estimate of drug-likeness (QED) is 0.263. The molecule has 1 aliphatic rings. The Morgan fingerprint density at radius 3 is 2.61 bits per heavy atom. The van der Waals surface area contributed by atoms with E-state index >= 15 is 0 Å². The predicted molar refractivity (Wildman–Crippen MR) is 142 cm³/mol. The van der Waals surface area contributed by atoms with E-state index in [4.69, 9.17) is 23.1 Å². The van der Waals surface area contributed by atoms with Crippen LogP contribution in [-0.4, -0.2) is 36.8 Å². The van der Waals surface area contributed by atoms with Crippen molar-refractivity contribution < 1.29 is 4.39 Å². The monoisotopic (exact) mass is 508 g/mol. The molecule has 1 saturated carbocycles. The van der Waals surface area contributed by atoms with Crippen LogP contribution in [0.3, 0.4) is 0 Å². The van der Waals surface area contributed by atoms with Crippen molar-refractivity contribution in [1.82, 2.24) is 19.4 Å². The Hall–Kier alpha value is -3.43. The predicted octanol–water partition coefficient (Wildman–Crippen LogP) is 4.88. The first-order valence-corrected chi connectivity index (χ1v) is 12.2. The van der Waals surface area contributed by atoms with E-state index in [-0.39, 0.29) is 28.5 Å². The lowest BCUT2D eigenvalue weighted by atomic mass is 9.75. The molecule has 2 atom stereocenters. The molecule has 3 heterocycles. The van der Waals surface area contributed by atoms with Gasteiger partial charge in [0.05, 0.1) is 39.9 Å². The number of rotatable bonds is 5. The highest BCUT2D eigenvalue weighted by Gasteiger charge is 2.49. The van der Waals surface area contributed by atoms with Crippen molar-refractivity contribution in [3.8, 4) is 11.1 Å². The number of aliphatic imine (C=N–C) groups is 1. The molecule has 4 aromatic rings. The first-order valence-electron chi connectivity index (χ1n) is 11.8. The van der Waals surface area contributed by atoms with Crippen molar-refractivity contribution in [1.29, 1.82) is 0 Å². The molecule has 10 heteroatoms. The molecule has 0 bridgehead atoms. The summed E-state index contributed by atoms with van der Waals surface area (Å²) >= 11 is 6.26. The number of aromatic nitrogens is 4. The maximum Gasteiger partial charge on any atom is 0.135 e. The molecular formula is C26H30ClFN8. The Morgan fingerprint density at radius 1 is 1.17 bits per heavy atom. The van der Waals surface area contributed by atoms with Gasteiger partial charge in [0.1, 0.15) is 11.7 Å². The summed E-state index contributed by atoms with van der Waals surface area (Å²) in [6.07, 6.45) is 9.16. The minimum atomic E-state index is -0.444. The summed E-state index contributed by atoms with van der Waals surface area (Å²) in [4.78, 5) is 4.46. The number of hydrogen-bond donors (Lipinski definition) is 3. The second-order valence-corrected chi connectivity index (χ2v) is 10.8. The van der Waals surface area contributed by atoms with Crippen molar-refractivity contribution in [2.75, 3.05) is 5.32 Å². The number of benzene rings is 1. The van der Waals surface area contributed by atoms with Crippen LogP contribution in [0.4, 0.5) is 15.8 Å². The fourth-order valence-corrected chi connectivity index (χ4v) is 5.00. The summed E-state index contributed by atoms with van der Waals surface area (Å²) in [5, 5.41) is 12.9. The van der Waals surface area contributed by atoms with E-state index < -0.39 is 5.82 Å². The zero-order chi connectivity index (χ0) is 25.8. The number of nitrogens with one attached hydrogen (secondary N) is 1. The summed E-state index contributed by atoms with van der Waals surface area (Å²) in [7, 11) is 1.88. The van der Waals surface area contributed by atoms with Gasteiger partial charge in [-0.05, 0) is 38.0 Å². The van der Waals surface area contributed by atoms with Crippen molar-refractivity contribution in [2.45, 2.75) is 45.2 Å². The van der Waals surface area contributed by atoms with E-state index in [1.165, 1.54) is 18.2 Å². The highest BCUT2D eigenvalue weighted by atomic mass is 35.5. The normalized spacial score (nSPS) is 21.9. The lowest BCUT2D eigenvalue weighted by molar-refractivity contribution is 0.215. The van der Waals surface area contributed by atoms with Gasteiger partial charge >= 0.3 is 0 Å². The maximum atomic E-state index is 13.9. The van der Waals surface area contributed by atoms with Gasteiger partial charge in [-0.3, -0.25) is 4.68 Å². The minimum Gasteiger partial charge on any atom is -0.383 e. The first-order chi connectivity index (χ1) is 17.0. The lowest BCUT2D eigenvalue weighted by Gasteiger charge is -2.39. The number of anilines is 1. The molecule has 0 spiro atoms. The van der Waals surface area contributed by atoms with E-state index in [1.807, 2.05) is 31.7 Å². The van der Waals surface area contributed by atoms with Crippen LogP contribution < -0.4 is 16.8 Å². The second-order valence-electron chi connectivity index (χ2n) is 10.4. The average Bonchev–Trinajstić information content (AvgIpc) is 3.49. The fourth-order valence-electron chi connectivity index (χ4n) is 4.84. The number of fused-ring (bicyclic) bond motifs is 1. The molecule has 0 saturated heterocycles. The third-order valence-electron chi connectivity index (χ3n) is 7.71. The van der Waals surface area contributed by atoms with Crippen molar-refractivity contribution >= 4 is 34.3 Å². The van der Waals surface area contributed by atoms with Crippen LogP contribution in [-0.2, 0) is 7.05 Å². The van der Waals surface area contributed by atoms with E-state index in [2.05, 4.69) is 41.3 Å². The molecule has 1 aliphatic carbocycles. The van der Waals surface area contributed by atoms with Crippen LogP contribution in [0, 0.1) is 11.2 Å². The van der Waals surface area contributed by atoms with Gasteiger partial charge in [-0.15, -0.1) is 0 Å².